The largest absolute Gasteiger partial charge is 0.450 e. The third-order valence-electron chi connectivity index (χ3n) is 0.943. The molecule has 1 rings (SSSR count). The third kappa shape index (κ3) is 1.43. The Morgan fingerprint density at radius 2 is 2.44 bits per heavy atom. The lowest BCUT2D eigenvalue weighted by Crippen LogP contribution is -2.14. The summed E-state index contributed by atoms with van der Waals surface area (Å²) in [4.78, 5) is 3.73. The fourth-order valence-corrected chi connectivity index (χ4v) is 0.659. The van der Waals surface area contributed by atoms with Gasteiger partial charge in [0.1, 0.15) is 0 Å². The van der Waals surface area contributed by atoms with Crippen molar-refractivity contribution < 1.29 is 5.02 Å². The molecule has 1 aromatic rings. The van der Waals surface area contributed by atoms with Gasteiger partial charge < -0.3 is 5.02 Å². The van der Waals surface area contributed by atoms with Crippen LogP contribution >= 0.6 is 11.6 Å². The van der Waals surface area contributed by atoms with Crippen molar-refractivity contribution in [1.29, 1.82) is 0 Å². The Balaban J connectivity index is 3.01. The molecule has 0 aliphatic rings. The molecule has 4 heteroatoms. The lowest BCUT2D eigenvalue weighted by Gasteiger charge is -1.93. The lowest BCUT2D eigenvalue weighted by molar-refractivity contribution is 0.615. The number of halogens is 1. The van der Waals surface area contributed by atoms with E-state index >= 15 is 0 Å². The molecule has 0 bridgehead atoms. The molecule has 0 unspecified atom stereocenters. The van der Waals surface area contributed by atoms with Gasteiger partial charge in [-0.15, -0.1) is 0 Å². The predicted molar refractivity (Wildman–Crippen MR) is 36.9 cm³/mol. The minimum absolute atomic E-state index is 0.458. The Kier molecular flexibility index (Phi) is 2.08. The number of rotatable bonds is 1. The fraction of sp³-hybridized carbons (Fsp3) is 0. The minimum atomic E-state index is 0.458. The summed E-state index contributed by atoms with van der Waals surface area (Å²) in [5.74, 6) is 0. The van der Waals surface area contributed by atoms with Crippen LogP contribution in [0.2, 0.25) is 5.02 Å². The van der Waals surface area contributed by atoms with Crippen LogP contribution in [0.3, 0.4) is 0 Å². The molecule has 0 spiro atoms. The predicted octanol–water partition coefficient (Wildman–Crippen LogP) is -0.0282. The molecule has 1 radical (unpaired) electrons. The van der Waals surface area contributed by atoms with Gasteiger partial charge in [0.05, 0.1) is 5.02 Å². The molecule has 0 fully saturated rings. The highest BCUT2D eigenvalue weighted by molar-refractivity contribution is 6.52. The Morgan fingerprint density at radius 1 is 1.67 bits per heavy atom. The highest BCUT2D eigenvalue weighted by atomic mass is 35.5. The van der Waals surface area contributed by atoms with Gasteiger partial charge in [-0.2, -0.15) is 0 Å². The van der Waals surface area contributed by atoms with Crippen LogP contribution < -0.4 is 5.46 Å². The summed E-state index contributed by atoms with van der Waals surface area (Å²) in [6.07, 6.45) is 3.04. The van der Waals surface area contributed by atoms with Gasteiger partial charge >= 0.3 is 7.48 Å². The molecule has 0 aliphatic carbocycles. The van der Waals surface area contributed by atoms with Gasteiger partial charge in [0.25, 0.3) is 0 Å². The smallest absolute Gasteiger partial charge is 0.328 e. The van der Waals surface area contributed by atoms with Crippen LogP contribution in [0.25, 0.3) is 0 Å². The van der Waals surface area contributed by atoms with E-state index < -0.39 is 0 Å². The summed E-state index contributed by atoms with van der Waals surface area (Å²) in [5, 5.41) is 8.94. The van der Waals surface area contributed by atoms with Crippen molar-refractivity contribution in [2.45, 2.75) is 0 Å². The van der Waals surface area contributed by atoms with Crippen molar-refractivity contribution in [3.05, 3.63) is 23.5 Å². The van der Waals surface area contributed by atoms with Crippen LogP contribution in [-0.2, 0) is 0 Å². The van der Waals surface area contributed by atoms with Crippen LogP contribution in [0.15, 0.2) is 18.5 Å². The van der Waals surface area contributed by atoms with Crippen LogP contribution in [0.1, 0.15) is 0 Å². The van der Waals surface area contributed by atoms with Gasteiger partial charge in [0.2, 0.25) is 0 Å². The first kappa shape index (κ1) is 6.58. The van der Waals surface area contributed by atoms with E-state index in [1.807, 2.05) is 0 Å². The zero-order valence-electron chi connectivity index (χ0n) is 4.58. The van der Waals surface area contributed by atoms with Gasteiger partial charge in [-0.05, 0) is 11.5 Å². The molecule has 0 saturated carbocycles. The average Bonchev–Trinajstić information content (AvgIpc) is 1.89. The molecule has 1 aromatic heterocycles. The van der Waals surface area contributed by atoms with Crippen LogP contribution in [0, 0.1) is 0 Å². The zero-order chi connectivity index (χ0) is 6.69. The molecule has 1 N–H and O–H groups in total. The maximum atomic E-state index is 8.48. The average molecular weight is 140 g/mol. The van der Waals surface area contributed by atoms with Crippen LogP contribution in [0.4, 0.5) is 0 Å². The first-order valence-electron chi connectivity index (χ1n) is 2.41. The van der Waals surface area contributed by atoms with Crippen molar-refractivity contribution in [3.63, 3.8) is 0 Å². The van der Waals surface area contributed by atoms with E-state index in [-0.39, 0.29) is 0 Å². The topological polar surface area (TPSA) is 33.1 Å². The molecule has 1 heterocycles. The first-order chi connectivity index (χ1) is 4.34. The highest BCUT2D eigenvalue weighted by Gasteiger charge is 1.96. The van der Waals surface area contributed by atoms with Crippen molar-refractivity contribution in [2.75, 3.05) is 0 Å². The fourth-order valence-electron chi connectivity index (χ4n) is 0.491. The van der Waals surface area contributed by atoms with Crippen LogP contribution in [-0.4, -0.2) is 17.5 Å². The Morgan fingerprint density at radius 3 is 2.89 bits per heavy atom. The van der Waals surface area contributed by atoms with Gasteiger partial charge in [-0.25, -0.2) is 0 Å². The number of hydrogen-bond acceptors (Lipinski definition) is 2. The van der Waals surface area contributed by atoms with Gasteiger partial charge in [0.15, 0.2) is 0 Å². The molecule has 45 valence electrons. The summed E-state index contributed by atoms with van der Waals surface area (Å²) in [6, 6.07) is 1.63. The van der Waals surface area contributed by atoms with Gasteiger partial charge in [-0.3, -0.25) is 4.98 Å². The highest BCUT2D eigenvalue weighted by Crippen LogP contribution is 1.98. The van der Waals surface area contributed by atoms with E-state index in [1.54, 1.807) is 12.3 Å². The van der Waals surface area contributed by atoms with E-state index in [1.165, 1.54) is 6.20 Å². The zero-order valence-corrected chi connectivity index (χ0v) is 5.34. The quantitative estimate of drug-likeness (QED) is 0.556. The third-order valence-corrected chi connectivity index (χ3v) is 1.26. The minimum Gasteiger partial charge on any atom is -0.450 e. The molecular formula is C5H4BClNO. The van der Waals surface area contributed by atoms with E-state index in [2.05, 4.69) is 4.98 Å². The Hall–Kier alpha value is -0.535. The Labute approximate surface area is 58.8 Å². The standard InChI is InChI=1S/C5H4BClNO/c7-5-3-8-2-1-4(5)6-9/h1-3,9H. The molecule has 0 saturated heterocycles. The summed E-state index contributed by atoms with van der Waals surface area (Å²) in [7, 11) is 0.948. The lowest BCUT2D eigenvalue weighted by atomic mass is 9.90. The number of nitrogens with zero attached hydrogens (tertiary/aromatic N) is 1. The molecule has 0 atom stereocenters. The second-order valence-corrected chi connectivity index (χ2v) is 1.93. The van der Waals surface area contributed by atoms with Gasteiger partial charge in [0, 0.05) is 12.4 Å². The van der Waals surface area contributed by atoms with E-state index in [9.17, 15) is 0 Å². The van der Waals surface area contributed by atoms with Crippen molar-refractivity contribution in [3.8, 4) is 0 Å². The maximum absolute atomic E-state index is 8.48. The molecular weight excluding hydrogens is 136 g/mol. The molecule has 0 aliphatic heterocycles. The molecule has 9 heavy (non-hydrogen) atoms. The number of hydrogen-bond donors (Lipinski definition) is 1. The van der Waals surface area contributed by atoms with Crippen molar-refractivity contribution in [1.82, 2.24) is 4.98 Å². The summed E-state index contributed by atoms with van der Waals surface area (Å²) in [6.45, 7) is 0. The maximum Gasteiger partial charge on any atom is 0.328 e. The first-order valence-corrected chi connectivity index (χ1v) is 2.79. The SMILES string of the molecule is O[B]c1ccncc1Cl. The second kappa shape index (κ2) is 2.85. The molecule has 0 amide bonds. The monoisotopic (exact) mass is 140 g/mol. The van der Waals surface area contributed by atoms with Crippen molar-refractivity contribution >= 4 is 24.5 Å². The molecule has 2 nitrogen and oxygen atoms in total. The second-order valence-electron chi connectivity index (χ2n) is 1.53. The van der Waals surface area contributed by atoms with E-state index in [0.29, 0.717) is 10.5 Å². The number of aromatic nitrogens is 1. The van der Waals surface area contributed by atoms with Crippen LogP contribution in [0.5, 0.6) is 0 Å². The van der Waals surface area contributed by atoms with E-state index in [4.69, 9.17) is 16.6 Å². The summed E-state index contributed by atoms with van der Waals surface area (Å²) < 4.78 is 0. The summed E-state index contributed by atoms with van der Waals surface area (Å²) in [5.41, 5.74) is 0.590. The van der Waals surface area contributed by atoms with Gasteiger partial charge in [-0.1, -0.05) is 11.6 Å². The molecule has 0 aromatic carbocycles. The van der Waals surface area contributed by atoms with Crippen molar-refractivity contribution in [2.24, 2.45) is 0 Å². The normalized spacial score (nSPS) is 9.11. The van der Waals surface area contributed by atoms with E-state index in [0.717, 1.165) is 7.48 Å². The number of pyridine rings is 1. The summed E-state index contributed by atoms with van der Waals surface area (Å²) >= 11 is 5.57. The Bertz CT molecular complexity index is 206.